The fourth-order valence-electron chi connectivity index (χ4n) is 4.86. The Bertz CT molecular complexity index is 975. The highest BCUT2D eigenvalue weighted by atomic mass is 16.5. The number of hydrogen-bond donors (Lipinski definition) is 0. The first-order valence-corrected chi connectivity index (χ1v) is 11.9. The number of rotatable bonds is 4. The molecule has 2 aliphatic heterocycles. The van der Waals surface area contributed by atoms with Crippen molar-refractivity contribution in [1.82, 2.24) is 19.3 Å². The molecule has 0 radical (unpaired) electrons. The predicted octanol–water partition coefficient (Wildman–Crippen LogP) is 3.25. The second kappa shape index (κ2) is 9.63. The van der Waals surface area contributed by atoms with E-state index in [1.165, 1.54) is 0 Å². The van der Waals surface area contributed by atoms with Crippen LogP contribution in [0.25, 0.3) is 10.9 Å². The maximum absolute atomic E-state index is 13.3. The first-order valence-electron chi connectivity index (χ1n) is 11.9. The highest BCUT2D eigenvalue weighted by Gasteiger charge is 2.26. The summed E-state index contributed by atoms with van der Waals surface area (Å²) in [5, 5.41) is 0.944. The highest BCUT2D eigenvalue weighted by Crippen LogP contribution is 2.27. The molecule has 2 fully saturated rings. The van der Waals surface area contributed by atoms with E-state index < -0.39 is 0 Å². The van der Waals surface area contributed by atoms with Crippen molar-refractivity contribution in [2.45, 2.75) is 46.2 Å². The molecule has 1 aromatic carbocycles. The minimum atomic E-state index is 0.0346. The minimum Gasteiger partial charge on any atom is -0.378 e. The van der Waals surface area contributed by atoms with Gasteiger partial charge in [0.25, 0.3) is 11.8 Å². The van der Waals surface area contributed by atoms with Crippen molar-refractivity contribution >= 4 is 22.7 Å². The zero-order valence-electron chi connectivity index (χ0n) is 19.8. The SMILES string of the molecule is CC(C)N1CCCN(C(=O)c2ccc3c(c2)cc(C(=O)N2CCOCC2)n3C(C)C)CC1. The van der Waals surface area contributed by atoms with Gasteiger partial charge >= 0.3 is 0 Å². The van der Waals surface area contributed by atoms with Gasteiger partial charge in [-0.3, -0.25) is 14.5 Å². The standard InChI is InChI=1S/C25H36N4O3/c1-18(2)26-8-5-9-27(11-10-26)24(30)20-6-7-22-21(16-20)17-23(29(22)19(3)4)25(31)28-12-14-32-15-13-28/h6-7,16-19H,5,8-15H2,1-4H3. The Morgan fingerprint density at radius 2 is 1.53 bits per heavy atom. The number of ether oxygens (including phenoxy) is 1. The Kier molecular flexibility index (Phi) is 6.86. The van der Waals surface area contributed by atoms with Crippen LogP contribution in [-0.4, -0.2) is 89.6 Å². The Hall–Kier alpha value is -2.38. The lowest BCUT2D eigenvalue weighted by Crippen LogP contribution is -2.41. The van der Waals surface area contributed by atoms with Gasteiger partial charge in [0.15, 0.2) is 0 Å². The van der Waals surface area contributed by atoms with Gasteiger partial charge in [-0.15, -0.1) is 0 Å². The monoisotopic (exact) mass is 440 g/mol. The van der Waals surface area contributed by atoms with Gasteiger partial charge in [0, 0.05) is 67.8 Å². The van der Waals surface area contributed by atoms with Crippen LogP contribution in [0.2, 0.25) is 0 Å². The van der Waals surface area contributed by atoms with E-state index in [-0.39, 0.29) is 17.9 Å². The molecule has 2 saturated heterocycles. The van der Waals surface area contributed by atoms with E-state index in [1.54, 1.807) is 0 Å². The number of fused-ring (bicyclic) bond motifs is 1. The molecule has 2 amide bonds. The summed E-state index contributed by atoms with van der Waals surface area (Å²) in [5.74, 6) is 0.114. The number of benzene rings is 1. The van der Waals surface area contributed by atoms with Gasteiger partial charge in [0.1, 0.15) is 5.69 Å². The lowest BCUT2D eigenvalue weighted by atomic mass is 10.1. The van der Waals surface area contributed by atoms with Crippen LogP contribution in [0.3, 0.4) is 0 Å². The van der Waals surface area contributed by atoms with Crippen LogP contribution in [-0.2, 0) is 4.74 Å². The second-order valence-electron chi connectivity index (χ2n) is 9.45. The Morgan fingerprint density at radius 1 is 0.812 bits per heavy atom. The summed E-state index contributed by atoms with van der Waals surface area (Å²) in [5.41, 5.74) is 2.38. The molecular formula is C25H36N4O3. The van der Waals surface area contributed by atoms with E-state index in [9.17, 15) is 9.59 Å². The highest BCUT2D eigenvalue weighted by molar-refractivity contribution is 6.02. The van der Waals surface area contributed by atoms with Gasteiger partial charge in [-0.2, -0.15) is 0 Å². The average Bonchev–Trinajstić information content (AvgIpc) is 2.99. The van der Waals surface area contributed by atoms with E-state index >= 15 is 0 Å². The van der Waals surface area contributed by atoms with Crippen LogP contribution in [0.4, 0.5) is 0 Å². The van der Waals surface area contributed by atoms with Crippen LogP contribution in [0.5, 0.6) is 0 Å². The smallest absolute Gasteiger partial charge is 0.270 e. The van der Waals surface area contributed by atoms with Gasteiger partial charge in [-0.25, -0.2) is 0 Å². The number of morpholine rings is 1. The average molecular weight is 441 g/mol. The molecule has 32 heavy (non-hydrogen) atoms. The molecule has 0 bridgehead atoms. The van der Waals surface area contributed by atoms with Gasteiger partial charge in [0.05, 0.1) is 13.2 Å². The third kappa shape index (κ3) is 4.55. The van der Waals surface area contributed by atoms with Gasteiger partial charge in [-0.05, 0) is 58.4 Å². The normalized spacial score (nSPS) is 18.6. The molecule has 0 spiro atoms. The Morgan fingerprint density at radius 3 is 2.22 bits per heavy atom. The number of aromatic nitrogens is 1. The minimum absolute atomic E-state index is 0.0346. The molecule has 4 rings (SSSR count). The van der Waals surface area contributed by atoms with E-state index in [0.29, 0.717) is 43.6 Å². The summed E-state index contributed by atoms with van der Waals surface area (Å²) >= 11 is 0. The number of amides is 2. The van der Waals surface area contributed by atoms with Crippen LogP contribution in [0, 0.1) is 0 Å². The van der Waals surface area contributed by atoms with Crippen molar-refractivity contribution in [2.75, 3.05) is 52.5 Å². The second-order valence-corrected chi connectivity index (χ2v) is 9.45. The number of nitrogens with zero attached hydrogens (tertiary/aromatic N) is 4. The molecule has 2 aliphatic rings. The van der Waals surface area contributed by atoms with Gasteiger partial charge in [-0.1, -0.05) is 0 Å². The number of hydrogen-bond acceptors (Lipinski definition) is 4. The molecule has 0 aliphatic carbocycles. The summed E-state index contributed by atoms with van der Waals surface area (Å²) in [4.78, 5) is 32.8. The van der Waals surface area contributed by atoms with E-state index in [2.05, 4.69) is 37.2 Å². The molecule has 1 aromatic heterocycles. The van der Waals surface area contributed by atoms with Crippen molar-refractivity contribution in [3.8, 4) is 0 Å². The van der Waals surface area contributed by atoms with Crippen molar-refractivity contribution in [3.05, 3.63) is 35.5 Å². The molecule has 0 atom stereocenters. The van der Waals surface area contributed by atoms with Crippen molar-refractivity contribution in [2.24, 2.45) is 0 Å². The van der Waals surface area contributed by atoms with Gasteiger partial charge < -0.3 is 19.1 Å². The van der Waals surface area contributed by atoms with Crippen molar-refractivity contribution in [1.29, 1.82) is 0 Å². The maximum atomic E-state index is 13.3. The van der Waals surface area contributed by atoms with Crippen molar-refractivity contribution < 1.29 is 14.3 Å². The summed E-state index contributed by atoms with van der Waals surface area (Å²) < 4.78 is 7.50. The predicted molar refractivity (Wildman–Crippen MR) is 126 cm³/mol. The summed E-state index contributed by atoms with van der Waals surface area (Å²) in [6, 6.07) is 8.46. The topological polar surface area (TPSA) is 58.0 Å². The molecule has 174 valence electrons. The first-order chi connectivity index (χ1) is 15.4. The van der Waals surface area contributed by atoms with E-state index in [4.69, 9.17) is 4.74 Å². The molecule has 2 aromatic rings. The lowest BCUT2D eigenvalue weighted by molar-refractivity contribution is 0.0295. The quantitative estimate of drug-likeness (QED) is 0.732. The molecule has 0 N–H and O–H groups in total. The summed E-state index contributed by atoms with van der Waals surface area (Å²) in [6.07, 6.45) is 0.994. The number of carbonyl (C=O) groups excluding carboxylic acids is 2. The van der Waals surface area contributed by atoms with Crippen LogP contribution < -0.4 is 0 Å². The largest absolute Gasteiger partial charge is 0.378 e. The molecule has 7 nitrogen and oxygen atoms in total. The van der Waals surface area contributed by atoms with Gasteiger partial charge in [0.2, 0.25) is 0 Å². The molecule has 3 heterocycles. The number of carbonyl (C=O) groups is 2. The summed E-state index contributed by atoms with van der Waals surface area (Å²) in [7, 11) is 0. The zero-order valence-corrected chi connectivity index (χ0v) is 19.8. The third-order valence-electron chi connectivity index (χ3n) is 6.67. The van der Waals surface area contributed by atoms with Crippen LogP contribution >= 0.6 is 0 Å². The third-order valence-corrected chi connectivity index (χ3v) is 6.67. The van der Waals surface area contributed by atoms with E-state index in [1.807, 2.05) is 34.1 Å². The molecular weight excluding hydrogens is 404 g/mol. The first kappa shape index (κ1) is 22.8. The Balaban J connectivity index is 1.61. The van der Waals surface area contributed by atoms with Crippen LogP contribution in [0.15, 0.2) is 24.3 Å². The fourth-order valence-corrected chi connectivity index (χ4v) is 4.86. The molecule has 0 saturated carbocycles. The van der Waals surface area contributed by atoms with Crippen molar-refractivity contribution in [3.63, 3.8) is 0 Å². The fraction of sp³-hybridized carbons (Fsp3) is 0.600. The van der Waals surface area contributed by atoms with Crippen LogP contribution in [0.1, 0.15) is 61.0 Å². The summed E-state index contributed by atoms with van der Waals surface area (Å²) in [6.45, 7) is 14.5. The maximum Gasteiger partial charge on any atom is 0.270 e. The van der Waals surface area contributed by atoms with E-state index in [0.717, 1.165) is 43.5 Å². The Labute approximate surface area is 190 Å². The lowest BCUT2D eigenvalue weighted by Gasteiger charge is -2.27. The zero-order chi connectivity index (χ0) is 22.8. The molecule has 7 heteroatoms. The molecule has 0 unspecified atom stereocenters.